The fourth-order valence-electron chi connectivity index (χ4n) is 2.00. The number of ether oxygens (including phenoxy) is 1. The highest BCUT2D eigenvalue weighted by Gasteiger charge is 2.30. The molecule has 2 aromatic rings. The second kappa shape index (κ2) is 6.65. The van der Waals surface area contributed by atoms with Crippen molar-refractivity contribution < 1.29 is 27.8 Å². The third kappa shape index (κ3) is 4.35. The van der Waals surface area contributed by atoms with E-state index in [0.717, 1.165) is 24.3 Å². The van der Waals surface area contributed by atoms with Crippen LogP contribution in [-0.2, 0) is 6.18 Å². The van der Waals surface area contributed by atoms with Crippen molar-refractivity contribution in [2.75, 3.05) is 6.61 Å². The Morgan fingerprint density at radius 3 is 1.83 bits per heavy atom. The fraction of sp³-hybridized carbons (Fsp3) is 0.278. The van der Waals surface area contributed by atoms with Crippen molar-refractivity contribution in [3.63, 3.8) is 0 Å². The molecule has 24 heavy (non-hydrogen) atoms. The van der Waals surface area contributed by atoms with Gasteiger partial charge in [-0.2, -0.15) is 13.2 Å². The van der Waals surface area contributed by atoms with Gasteiger partial charge in [-0.3, -0.25) is 4.79 Å². The maximum atomic E-state index is 12.5. The number of carbonyl (C=O) groups excluding carboxylic acids is 1. The van der Waals surface area contributed by atoms with Gasteiger partial charge >= 0.3 is 6.18 Å². The van der Waals surface area contributed by atoms with Crippen molar-refractivity contribution in [1.29, 1.82) is 0 Å². The maximum absolute atomic E-state index is 12.5. The molecule has 128 valence electrons. The summed E-state index contributed by atoms with van der Waals surface area (Å²) in [7, 11) is 0. The number of carbonyl (C=O) groups is 1. The lowest BCUT2D eigenvalue weighted by Crippen LogP contribution is -2.32. The first-order valence-electron chi connectivity index (χ1n) is 7.24. The number of aliphatic hydroxyl groups excluding tert-OH is 1. The zero-order valence-corrected chi connectivity index (χ0v) is 13.2. The Hall–Kier alpha value is -2.34. The lowest BCUT2D eigenvalue weighted by Gasteiger charge is -2.23. The number of benzene rings is 2. The highest BCUT2D eigenvalue weighted by atomic mass is 19.4. The minimum atomic E-state index is -4.43. The summed E-state index contributed by atoms with van der Waals surface area (Å²) >= 11 is 0. The average molecular weight is 338 g/mol. The first-order valence-corrected chi connectivity index (χ1v) is 7.24. The van der Waals surface area contributed by atoms with Crippen LogP contribution < -0.4 is 4.74 Å². The molecular formula is C18H17F3O3. The van der Waals surface area contributed by atoms with Crippen molar-refractivity contribution in [1.82, 2.24) is 0 Å². The van der Waals surface area contributed by atoms with Crippen molar-refractivity contribution in [3.8, 4) is 5.75 Å². The average Bonchev–Trinajstić information content (AvgIpc) is 2.54. The Labute approximate surface area is 137 Å². The van der Waals surface area contributed by atoms with Gasteiger partial charge in [0.2, 0.25) is 0 Å². The third-order valence-electron chi connectivity index (χ3n) is 3.37. The van der Waals surface area contributed by atoms with Crippen molar-refractivity contribution >= 4 is 5.78 Å². The highest BCUT2D eigenvalue weighted by Crippen LogP contribution is 2.29. The normalized spacial score (nSPS) is 12.1. The first-order chi connectivity index (χ1) is 11.1. The summed E-state index contributed by atoms with van der Waals surface area (Å²) in [6.45, 7) is 3.27. The van der Waals surface area contributed by atoms with Crippen LogP contribution in [0.25, 0.3) is 0 Å². The quantitative estimate of drug-likeness (QED) is 0.836. The second-order valence-electron chi connectivity index (χ2n) is 5.95. The summed E-state index contributed by atoms with van der Waals surface area (Å²) in [4.78, 5) is 12.3. The summed E-state index contributed by atoms with van der Waals surface area (Å²) in [6.07, 6.45) is -4.43. The van der Waals surface area contributed by atoms with Gasteiger partial charge in [0.25, 0.3) is 0 Å². The van der Waals surface area contributed by atoms with Gasteiger partial charge in [0, 0.05) is 11.1 Å². The van der Waals surface area contributed by atoms with E-state index in [9.17, 15) is 18.0 Å². The fourth-order valence-corrected chi connectivity index (χ4v) is 2.00. The van der Waals surface area contributed by atoms with Crippen LogP contribution in [0.2, 0.25) is 0 Å². The standard InChI is InChI=1S/C18H17F3O3/c1-17(2,11-22)24-15-9-5-13(6-10-15)16(23)12-3-7-14(8-4-12)18(19,20)21/h3-10,22H,11H2,1-2H3. The number of aliphatic hydroxyl groups is 1. The molecule has 0 bridgehead atoms. The Balaban J connectivity index is 2.15. The molecule has 6 heteroatoms. The summed E-state index contributed by atoms with van der Waals surface area (Å²) in [6, 6.07) is 10.3. The van der Waals surface area contributed by atoms with Gasteiger partial charge < -0.3 is 9.84 Å². The Morgan fingerprint density at radius 2 is 1.42 bits per heavy atom. The number of hydrogen-bond acceptors (Lipinski definition) is 3. The predicted molar refractivity (Wildman–Crippen MR) is 83.1 cm³/mol. The maximum Gasteiger partial charge on any atom is 0.416 e. The van der Waals surface area contributed by atoms with Gasteiger partial charge in [-0.1, -0.05) is 12.1 Å². The highest BCUT2D eigenvalue weighted by molar-refractivity contribution is 6.09. The molecule has 0 aliphatic rings. The molecule has 0 fully saturated rings. The van der Waals surface area contributed by atoms with Crippen LogP contribution >= 0.6 is 0 Å². The SMILES string of the molecule is CC(C)(CO)Oc1ccc(C(=O)c2ccc(C(F)(F)F)cc2)cc1. The molecule has 0 atom stereocenters. The van der Waals surface area contributed by atoms with E-state index in [2.05, 4.69) is 0 Å². The van der Waals surface area contributed by atoms with E-state index in [0.29, 0.717) is 11.3 Å². The molecule has 0 heterocycles. The van der Waals surface area contributed by atoms with E-state index in [1.54, 1.807) is 26.0 Å². The van der Waals surface area contributed by atoms with E-state index in [1.165, 1.54) is 12.1 Å². The van der Waals surface area contributed by atoms with E-state index >= 15 is 0 Å². The first kappa shape index (κ1) is 18.0. The smallest absolute Gasteiger partial charge is 0.416 e. The predicted octanol–water partition coefficient (Wildman–Crippen LogP) is 4.09. The summed E-state index contributed by atoms with van der Waals surface area (Å²) in [5, 5.41) is 9.17. The van der Waals surface area contributed by atoms with Gasteiger partial charge in [-0.05, 0) is 50.2 Å². The molecule has 0 spiro atoms. The molecule has 0 saturated carbocycles. The van der Waals surface area contributed by atoms with Crippen molar-refractivity contribution in [2.45, 2.75) is 25.6 Å². The largest absolute Gasteiger partial charge is 0.485 e. The van der Waals surface area contributed by atoms with Crippen molar-refractivity contribution in [2.24, 2.45) is 0 Å². The molecule has 3 nitrogen and oxygen atoms in total. The summed E-state index contributed by atoms with van der Waals surface area (Å²) < 4.78 is 43.2. The zero-order valence-electron chi connectivity index (χ0n) is 13.2. The van der Waals surface area contributed by atoms with Crippen LogP contribution in [0, 0.1) is 0 Å². The number of rotatable bonds is 5. The molecule has 2 rings (SSSR count). The number of alkyl halides is 3. The van der Waals surface area contributed by atoms with Crippen LogP contribution in [0.15, 0.2) is 48.5 Å². The van der Waals surface area contributed by atoms with Gasteiger partial charge in [0.15, 0.2) is 5.78 Å². The second-order valence-corrected chi connectivity index (χ2v) is 5.95. The molecule has 0 aliphatic heterocycles. The molecule has 1 N–H and O–H groups in total. The lowest BCUT2D eigenvalue weighted by atomic mass is 10.0. The van der Waals surface area contributed by atoms with Crippen molar-refractivity contribution in [3.05, 3.63) is 65.2 Å². The van der Waals surface area contributed by atoms with E-state index < -0.39 is 17.3 Å². The molecule has 0 radical (unpaired) electrons. The lowest BCUT2D eigenvalue weighted by molar-refractivity contribution is -0.137. The molecule has 2 aromatic carbocycles. The monoisotopic (exact) mass is 338 g/mol. The molecule has 0 unspecified atom stereocenters. The van der Waals surface area contributed by atoms with Gasteiger partial charge in [-0.25, -0.2) is 0 Å². The number of ketones is 1. The topological polar surface area (TPSA) is 46.5 Å². The molecule has 0 saturated heterocycles. The van der Waals surface area contributed by atoms with Gasteiger partial charge in [-0.15, -0.1) is 0 Å². The number of halogens is 3. The van der Waals surface area contributed by atoms with E-state index in [1.807, 2.05) is 0 Å². The van der Waals surface area contributed by atoms with Crippen LogP contribution in [0.1, 0.15) is 35.3 Å². The summed E-state index contributed by atoms with van der Waals surface area (Å²) in [5.41, 5.74) is -1.04. The van der Waals surface area contributed by atoms with Crippen LogP contribution in [0.5, 0.6) is 5.75 Å². The van der Waals surface area contributed by atoms with Crippen LogP contribution in [-0.4, -0.2) is 23.1 Å². The minimum absolute atomic E-state index is 0.167. The van der Waals surface area contributed by atoms with Crippen LogP contribution in [0.3, 0.4) is 0 Å². The molecule has 0 amide bonds. The molecule has 0 aliphatic carbocycles. The molecular weight excluding hydrogens is 321 g/mol. The Morgan fingerprint density at radius 1 is 0.958 bits per heavy atom. The van der Waals surface area contributed by atoms with E-state index in [4.69, 9.17) is 9.84 Å². The van der Waals surface area contributed by atoms with Gasteiger partial charge in [0.1, 0.15) is 11.4 Å². The molecule has 0 aromatic heterocycles. The minimum Gasteiger partial charge on any atom is -0.485 e. The Kier molecular flexibility index (Phi) is 4.99. The number of hydrogen-bond donors (Lipinski definition) is 1. The zero-order chi connectivity index (χ0) is 18.0. The Bertz CT molecular complexity index is 702. The summed E-state index contributed by atoms with van der Waals surface area (Å²) in [5.74, 6) is 0.106. The van der Waals surface area contributed by atoms with Gasteiger partial charge in [0.05, 0.1) is 12.2 Å². The third-order valence-corrected chi connectivity index (χ3v) is 3.37. The van der Waals surface area contributed by atoms with Crippen LogP contribution in [0.4, 0.5) is 13.2 Å². The van der Waals surface area contributed by atoms with E-state index in [-0.39, 0.29) is 18.0 Å².